The quantitative estimate of drug-likeness (QED) is 0.109. The molecule has 3 aliphatic carbocycles. The molecule has 11 heteroatoms. The summed E-state index contributed by atoms with van der Waals surface area (Å²) >= 11 is 0. The first-order valence-corrected chi connectivity index (χ1v) is 23.1. The van der Waals surface area contributed by atoms with E-state index in [9.17, 15) is 9.59 Å². The van der Waals surface area contributed by atoms with Crippen molar-refractivity contribution in [3.8, 4) is 0 Å². The number of ketones is 2. The van der Waals surface area contributed by atoms with Gasteiger partial charge in [0.2, 0.25) is 0 Å². The largest absolute Gasteiger partial charge is 0.361 e. The number of Topliss-reactive ketones (excluding diaryl/α,β-unsaturated/α-hetero) is 2. The minimum atomic E-state index is -1.14. The molecule has 0 saturated heterocycles. The number of nitrogens with zero attached hydrogens (tertiary/aromatic N) is 7. The number of anilines is 2. The van der Waals surface area contributed by atoms with Crippen molar-refractivity contribution >= 4 is 48.0 Å². The van der Waals surface area contributed by atoms with Crippen LogP contribution in [0.15, 0.2) is 24.7 Å². The SMILES string of the molecule is CN(c1cnc2c(n1)C(C(=O)C(C)(C)C)=CC2)C1CCCC1.CN(c1cnc2c(n1)c(C(=O)C(C)(C)C)cn2COCC[Si](C)(C)C)C1CCCC1. The molecule has 284 valence electrons. The highest BCUT2D eigenvalue weighted by Gasteiger charge is 2.32. The first kappa shape index (κ1) is 39.8. The van der Waals surface area contributed by atoms with Gasteiger partial charge in [-0.3, -0.25) is 14.6 Å². The van der Waals surface area contributed by atoms with Crippen LogP contribution in [0, 0.1) is 10.8 Å². The van der Waals surface area contributed by atoms with Crippen LogP contribution in [-0.2, 0) is 22.7 Å². The number of carbonyl (C=O) groups is 2. The molecule has 0 bridgehead atoms. The summed E-state index contributed by atoms with van der Waals surface area (Å²) in [4.78, 5) is 49.2. The van der Waals surface area contributed by atoms with Crippen molar-refractivity contribution in [3.63, 3.8) is 0 Å². The van der Waals surface area contributed by atoms with E-state index in [0.29, 0.717) is 36.3 Å². The summed E-state index contributed by atoms with van der Waals surface area (Å²) in [7, 11) is 3.04. The van der Waals surface area contributed by atoms with E-state index in [1.165, 1.54) is 51.4 Å². The van der Waals surface area contributed by atoms with Crippen molar-refractivity contribution < 1.29 is 14.3 Å². The van der Waals surface area contributed by atoms with Crippen molar-refractivity contribution in [2.45, 2.75) is 144 Å². The second-order valence-electron chi connectivity index (χ2n) is 18.4. The first-order valence-electron chi connectivity index (χ1n) is 19.4. The topological polar surface area (TPSA) is 106 Å². The fourth-order valence-electron chi connectivity index (χ4n) is 7.22. The molecule has 0 aliphatic heterocycles. The van der Waals surface area contributed by atoms with Crippen molar-refractivity contribution in [2.24, 2.45) is 10.8 Å². The molecule has 3 aliphatic rings. The Morgan fingerprint density at radius 2 is 1.37 bits per heavy atom. The lowest BCUT2D eigenvalue weighted by atomic mass is 9.86. The Kier molecular flexibility index (Phi) is 12.1. The van der Waals surface area contributed by atoms with Crippen LogP contribution in [0.3, 0.4) is 0 Å². The Morgan fingerprint density at radius 1 is 0.827 bits per heavy atom. The highest BCUT2D eigenvalue weighted by molar-refractivity contribution is 6.76. The summed E-state index contributed by atoms with van der Waals surface area (Å²) in [6.07, 6.45) is 18.2. The van der Waals surface area contributed by atoms with Gasteiger partial charge in [0.05, 0.1) is 29.3 Å². The van der Waals surface area contributed by atoms with Crippen LogP contribution in [0.4, 0.5) is 11.6 Å². The fourth-order valence-corrected chi connectivity index (χ4v) is 7.98. The molecular weight excluding hydrogens is 667 g/mol. The number of hydrogen-bond acceptors (Lipinski definition) is 9. The maximum atomic E-state index is 13.2. The predicted octanol–water partition coefficient (Wildman–Crippen LogP) is 8.76. The molecule has 6 rings (SSSR count). The highest BCUT2D eigenvalue weighted by Crippen LogP contribution is 2.34. The normalized spacial score (nSPS) is 16.9. The molecule has 0 unspecified atom stereocenters. The average molecular weight is 730 g/mol. The van der Waals surface area contributed by atoms with E-state index in [2.05, 4.69) is 48.5 Å². The van der Waals surface area contributed by atoms with E-state index >= 15 is 0 Å². The second kappa shape index (κ2) is 15.9. The zero-order chi connectivity index (χ0) is 38.0. The number of fused-ring (bicyclic) bond motifs is 2. The molecular formula is C41H63N7O3Si. The monoisotopic (exact) mass is 729 g/mol. The molecule has 2 saturated carbocycles. The molecule has 0 aromatic carbocycles. The summed E-state index contributed by atoms with van der Waals surface area (Å²) in [5.74, 6) is 1.97. The van der Waals surface area contributed by atoms with Gasteiger partial charge in [-0.15, -0.1) is 0 Å². The lowest BCUT2D eigenvalue weighted by Crippen LogP contribution is -2.30. The van der Waals surface area contributed by atoms with E-state index < -0.39 is 13.5 Å². The third-order valence-corrected chi connectivity index (χ3v) is 12.4. The minimum absolute atomic E-state index is 0.0864. The molecule has 52 heavy (non-hydrogen) atoms. The zero-order valence-electron chi connectivity index (χ0n) is 33.8. The van der Waals surface area contributed by atoms with Gasteiger partial charge < -0.3 is 19.1 Å². The maximum Gasteiger partial charge on any atom is 0.171 e. The van der Waals surface area contributed by atoms with Crippen molar-refractivity contribution in [1.29, 1.82) is 0 Å². The van der Waals surface area contributed by atoms with Gasteiger partial charge in [0.1, 0.15) is 23.9 Å². The molecule has 0 radical (unpaired) electrons. The summed E-state index contributed by atoms with van der Waals surface area (Å²) < 4.78 is 7.89. The number of aromatic nitrogens is 5. The average Bonchev–Trinajstić information content (AvgIpc) is 3.91. The van der Waals surface area contributed by atoms with Crippen molar-refractivity contribution in [3.05, 3.63) is 41.6 Å². The third-order valence-electron chi connectivity index (χ3n) is 10.7. The zero-order valence-corrected chi connectivity index (χ0v) is 34.8. The first-order chi connectivity index (χ1) is 24.3. The number of ether oxygens (including phenoxy) is 1. The molecule has 3 heterocycles. The van der Waals surface area contributed by atoms with Gasteiger partial charge in [-0.2, -0.15) is 0 Å². The van der Waals surface area contributed by atoms with Crippen molar-refractivity contribution in [2.75, 3.05) is 30.5 Å². The summed E-state index contributed by atoms with van der Waals surface area (Å²) in [5.41, 5.74) is 3.65. The minimum Gasteiger partial charge on any atom is -0.361 e. The van der Waals surface area contributed by atoms with Crippen molar-refractivity contribution in [1.82, 2.24) is 24.5 Å². The van der Waals surface area contributed by atoms with Gasteiger partial charge in [0.25, 0.3) is 0 Å². The van der Waals surface area contributed by atoms with E-state index in [1.54, 1.807) is 0 Å². The Bertz CT molecular complexity index is 1770. The standard InChI is InChI=1S/C23H38N4O2Si.C18H25N3O/c1-23(2,3)21(28)18-15-27(16-29-12-13-30(5,6)7)22-20(18)25-19(14-24-22)26(4)17-10-8-9-11-17;1-18(2,3)17(22)13-9-10-14-16(13)20-15(11-19-14)21(4)12-7-5-6-8-12/h14-15,17H,8-13,16H2,1-7H3;9,11-12H,5-8,10H2,1-4H3. The van der Waals surface area contributed by atoms with Crippen LogP contribution in [0.1, 0.15) is 115 Å². The molecule has 10 nitrogen and oxygen atoms in total. The third kappa shape index (κ3) is 9.37. The highest BCUT2D eigenvalue weighted by atomic mass is 28.3. The van der Waals surface area contributed by atoms with E-state index in [0.717, 1.165) is 46.9 Å². The maximum absolute atomic E-state index is 13.2. The van der Waals surface area contributed by atoms with Crippen LogP contribution in [0.5, 0.6) is 0 Å². The van der Waals surface area contributed by atoms with Gasteiger partial charge in [0.15, 0.2) is 17.2 Å². The van der Waals surface area contributed by atoms with Gasteiger partial charge >= 0.3 is 0 Å². The van der Waals surface area contributed by atoms with Crippen LogP contribution >= 0.6 is 0 Å². The van der Waals surface area contributed by atoms with Gasteiger partial charge in [-0.05, 0) is 31.7 Å². The van der Waals surface area contributed by atoms with Crippen LogP contribution in [0.25, 0.3) is 16.7 Å². The molecule has 0 amide bonds. The van der Waals surface area contributed by atoms with E-state index in [1.807, 2.05) is 70.8 Å². The van der Waals surface area contributed by atoms with Crippen LogP contribution in [0.2, 0.25) is 25.7 Å². The summed E-state index contributed by atoms with van der Waals surface area (Å²) in [5, 5.41) is 0. The van der Waals surface area contributed by atoms with Gasteiger partial charge in [0, 0.05) is 69.9 Å². The number of allylic oxidation sites excluding steroid dienone is 2. The van der Waals surface area contributed by atoms with Crippen LogP contribution in [-0.4, -0.2) is 76.9 Å². The Morgan fingerprint density at radius 3 is 1.90 bits per heavy atom. The number of hydrogen-bond donors (Lipinski definition) is 0. The Labute approximate surface area is 312 Å². The number of carbonyl (C=O) groups excluding carboxylic acids is 2. The van der Waals surface area contributed by atoms with E-state index in [-0.39, 0.29) is 17.0 Å². The molecule has 3 aromatic heterocycles. The van der Waals surface area contributed by atoms with Gasteiger partial charge in [-0.1, -0.05) is 92.9 Å². The summed E-state index contributed by atoms with van der Waals surface area (Å²) in [6, 6.07) is 2.17. The predicted molar refractivity (Wildman–Crippen MR) is 215 cm³/mol. The molecule has 0 N–H and O–H groups in total. The lowest BCUT2D eigenvalue weighted by molar-refractivity contribution is -0.120. The molecule has 0 atom stereocenters. The van der Waals surface area contributed by atoms with E-state index in [4.69, 9.17) is 19.7 Å². The fraction of sp³-hybridized carbons (Fsp3) is 0.659. The molecule has 3 aromatic rings. The lowest BCUT2D eigenvalue weighted by Gasteiger charge is -2.26. The van der Waals surface area contributed by atoms with Gasteiger partial charge in [-0.25, -0.2) is 15.0 Å². The Hall–Kier alpha value is -3.44. The molecule has 2 fully saturated rings. The van der Waals surface area contributed by atoms with Crippen LogP contribution < -0.4 is 9.80 Å². The molecule has 0 spiro atoms. The summed E-state index contributed by atoms with van der Waals surface area (Å²) in [6.45, 7) is 19.9. The smallest absolute Gasteiger partial charge is 0.171 e. The second-order valence-corrected chi connectivity index (χ2v) is 24.0. The number of rotatable bonds is 11. The Balaban J connectivity index is 0.000000210.